The number of benzene rings is 1. The minimum Gasteiger partial charge on any atom is -0.341 e. The highest BCUT2D eigenvalue weighted by atomic mass is 16.2. The van der Waals surface area contributed by atoms with Gasteiger partial charge in [0.2, 0.25) is 0 Å². The van der Waals surface area contributed by atoms with Gasteiger partial charge in [-0.15, -0.1) is 0 Å². The van der Waals surface area contributed by atoms with Gasteiger partial charge in [0.1, 0.15) is 5.82 Å². The molecular weight excluding hydrogens is 314 g/mol. The first kappa shape index (κ1) is 15.1. The summed E-state index contributed by atoms with van der Waals surface area (Å²) in [5.74, 6) is 0.657. The second-order valence-electron chi connectivity index (χ2n) is 5.86. The van der Waals surface area contributed by atoms with Crippen LogP contribution in [0.15, 0.2) is 67.1 Å². The van der Waals surface area contributed by atoms with E-state index >= 15 is 0 Å². The molecule has 1 N–H and O–H groups in total. The van der Waals surface area contributed by atoms with E-state index in [-0.39, 0.29) is 5.91 Å². The minimum atomic E-state index is -0.0844. The Kier molecular flexibility index (Phi) is 3.78. The minimum absolute atomic E-state index is 0.0844. The molecule has 0 unspecified atom stereocenters. The molecule has 0 aliphatic heterocycles. The van der Waals surface area contributed by atoms with Gasteiger partial charge >= 0.3 is 0 Å². The number of nitrogens with zero attached hydrogens (tertiary/aromatic N) is 4. The molecule has 4 rings (SSSR count). The highest BCUT2D eigenvalue weighted by Crippen LogP contribution is 2.17. The molecule has 0 radical (unpaired) electrons. The fourth-order valence-electron chi connectivity index (χ4n) is 2.81. The molecule has 1 amide bonds. The van der Waals surface area contributed by atoms with E-state index in [2.05, 4.69) is 15.1 Å². The number of aromatic nitrogens is 4. The van der Waals surface area contributed by atoms with Gasteiger partial charge in [-0.3, -0.25) is 4.79 Å². The lowest BCUT2D eigenvalue weighted by Gasteiger charge is -2.15. The van der Waals surface area contributed by atoms with Gasteiger partial charge in [-0.1, -0.05) is 36.4 Å². The number of aromatic amines is 1. The summed E-state index contributed by atoms with van der Waals surface area (Å²) < 4.78 is 1.70. The summed E-state index contributed by atoms with van der Waals surface area (Å²) in [4.78, 5) is 22.0. The molecule has 0 aliphatic rings. The number of rotatable bonds is 4. The Hall–Kier alpha value is -3.41. The van der Waals surface area contributed by atoms with Crippen LogP contribution in [0.3, 0.4) is 0 Å². The van der Waals surface area contributed by atoms with Crippen molar-refractivity contribution < 1.29 is 4.79 Å². The third kappa shape index (κ3) is 2.89. The average Bonchev–Trinajstić information content (AvgIpc) is 3.29. The maximum atomic E-state index is 12.7. The van der Waals surface area contributed by atoms with Crippen molar-refractivity contribution >= 4 is 11.4 Å². The second-order valence-corrected chi connectivity index (χ2v) is 5.86. The lowest BCUT2D eigenvalue weighted by Crippen LogP contribution is -2.26. The van der Waals surface area contributed by atoms with Crippen molar-refractivity contribution in [3.8, 4) is 11.3 Å². The van der Waals surface area contributed by atoms with E-state index in [1.54, 1.807) is 28.9 Å². The number of hydrogen-bond acceptors (Lipinski definition) is 3. The molecule has 0 aliphatic carbocycles. The number of amides is 1. The molecule has 3 heterocycles. The van der Waals surface area contributed by atoms with Crippen LogP contribution in [0.5, 0.6) is 0 Å². The fraction of sp³-hybridized carbons (Fsp3) is 0.105. The van der Waals surface area contributed by atoms with Gasteiger partial charge < -0.3 is 9.88 Å². The molecule has 0 saturated carbocycles. The zero-order valence-electron chi connectivity index (χ0n) is 13.8. The molecule has 6 heteroatoms. The summed E-state index contributed by atoms with van der Waals surface area (Å²) in [6.45, 7) is 0.399. The molecular formula is C19H17N5O. The highest BCUT2D eigenvalue weighted by molar-refractivity contribution is 6.00. The first-order chi connectivity index (χ1) is 12.2. The Bertz CT molecular complexity index is 1020. The maximum Gasteiger partial charge on any atom is 0.257 e. The summed E-state index contributed by atoms with van der Waals surface area (Å²) in [6, 6.07) is 15.6. The number of carbonyl (C=O) groups is 1. The lowest BCUT2D eigenvalue weighted by atomic mass is 10.2. The van der Waals surface area contributed by atoms with Gasteiger partial charge in [0.25, 0.3) is 5.91 Å². The van der Waals surface area contributed by atoms with Crippen LogP contribution in [0.2, 0.25) is 0 Å². The zero-order valence-corrected chi connectivity index (χ0v) is 13.8. The Morgan fingerprint density at radius 3 is 2.76 bits per heavy atom. The van der Waals surface area contributed by atoms with Crippen LogP contribution in [-0.2, 0) is 6.54 Å². The van der Waals surface area contributed by atoms with E-state index in [4.69, 9.17) is 0 Å². The predicted octanol–water partition coefficient (Wildman–Crippen LogP) is 3.00. The Balaban J connectivity index is 1.53. The van der Waals surface area contributed by atoms with Gasteiger partial charge in [-0.05, 0) is 17.7 Å². The van der Waals surface area contributed by atoms with Crippen molar-refractivity contribution in [2.24, 2.45) is 0 Å². The number of imidazole rings is 1. The molecule has 0 fully saturated rings. The first-order valence-electron chi connectivity index (χ1n) is 7.99. The van der Waals surface area contributed by atoms with Gasteiger partial charge in [0.05, 0.1) is 35.7 Å². The van der Waals surface area contributed by atoms with Crippen LogP contribution in [0, 0.1) is 0 Å². The van der Waals surface area contributed by atoms with Crippen molar-refractivity contribution in [1.29, 1.82) is 0 Å². The Morgan fingerprint density at radius 2 is 1.92 bits per heavy atom. The van der Waals surface area contributed by atoms with Crippen LogP contribution >= 0.6 is 0 Å². The normalized spacial score (nSPS) is 10.9. The van der Waals surface area contributed by atoms with Crippen molar-refractivity contribution in [3.05, 3.63) is 78.5 Å². The first-order valence-corrected chi connectivity index (χ1v) is 7.99. The standard InChI is InChI=1S/C19H17N5O/c1-23(19(25)15-11-21-24-10-6-5-9-17(15)24)13-18-20-12-16(22-18)14-7-3-2-4-8-14/h2-12H,13H2,1H3,(H,20,22). The van der Waals surface area contributed by atoms with E-state index in [9.17, 15) is 4.79 Å². The molecule has 0 spiro atoms. The lowest BCUT2D eigenvalue weighted by molar-refractivity contribution is 0.0784. The number of hydrogen-bond donors (Lipinski definition) is 1. The van der Waals surface area contributed by atoms with Crippen molar-refractivity contribution in [2.45, 2.75) is 6.54 Å². The second kappa shape index (κ2) is 6.24. The van der Waals surface area contributed by atoms with Crippen LogP contribution < -0.4 is 0 Å². The van der Waals surface area contributed by atoms with E-state index in [0.717, 1.165) is 22.6 Å². The van der Waals surface area contributed by atoms with Crippen molar-refractivity contribution in [3.63, 3.8) is 0 Å². The monoisotopic (exact) mass is 331 g/mol. The predicted molar refractivity (Wildman–Crippen MR) is 95.0 cm³/mol. The van der Waals surface area contributed by atoms with Crippen LogP contribution in [-0.4, -0.2) is 37.4 Å². The molecule has 3 aromatic heterocycles. The molecule has 0 bridgehead atoms. The summed E-state index contributed by atoms with van der Waals surface area (Å²) in [6.07, 6.45) is 5.22. The van der Waals surface area contributed by atoms with Gasteiger partial charge in [0.15, 0.2) is 0 Å². The summed E-state index contributed by atoms with van der Waals surface area (Å²) in [5.41, 5.74) is 3.38. The fourth-order valence-corrected chi connectivity index (χ4v) is 2.81. The van der Waals surface area contributed by atoms with Crippen LogP contribution in [0.1, 0.15) is 16.2 Å². The summed E-state index contributed by atoms with van der Waals surface area (Å²) in [5, 5.41) is 4.22. The van der Waals surface area contributed by atoms with E-state index in [0.29, 0.717) is 12.1 Å². The van der Waals surface area contributed by atoms with Gasteiger partial charge in [-0.2, -0.15) is 5.10 Å². The molecule has 0 atom stereocenters. The number of nitrogens with one attached hydrogen (secondary N) is 1. The van der Waals surface area contributed by atoms with Crippen molar-refractivity contribution in [1.82, 2.24) is 24.5 Å². The molecule has 0 saturated heterocycles. The SMILES string of the molecule is CN(Cc1ncc(-c2ccccc2)[nH]1)C(=O)c1cnn2ccccc12. The smallest absolute Gasteiger partial charge is 0.257 e. The van der Waals surface area contributed by atoms with Crippen LogP contribution in [0.4, 0.5) is 0 Å². The van der Waals surface area contributed by atoms with E-state index in [1.165, 1.54) is 0 Å². The van der Waals surface area contributed by atoms with Gasteiger partial charge in [-0.25, -0.2) is 9.50 Å². The highest BCUT2D eigenvalue weighted by Gasteiger charge is 2.18. The number of pyridine rings is 1. The topological polar surface area (TPSA) is 66.3 Å². The van der Waals surface area contributed by atoms with E-state index < -0.39 is 0 Å². The molecule has 6 nitrogen and oxygen atoms in total. The quantitative estimate of drug-likeness (QED) is 0.625. The van der Waals surface area contributed by atoms with E-state index in [1.807, 2.05) is 54.7 Å². The summed E-state index contributed by atoms with van der Waals surface area (Å²) in [7, 11) is 1.76. The maximum absolute atomic E-state index is 12.7. The Labute approximate surface area is 144 Å². The molecule has 1 aromatic carbocycles. The summed E-state index contributed by atoms with van der Waals surface area (Å²) >= 11 is 0. The third-order valence-corrected chi connectivity index (χ3v) is 4.10. The van der Waals surface area contributed by atoms with Crippen LogP contribution in [0.25, 0.3) is 16.8 Å². The molecule has 25 heavy (non-hydrogen) atoms. The number of fused-ring (bicyclic) bond motifs is 1. The molecule has 4 aromatic rings. The zero-order chi connectivity index (χ0) is 17.2. The largest absolute Gasteiger partial charge is 0.341 e. The third-order valence-electron chi connectivity index (χ3n) is 4.10. The van der Waals surface area contributed by atoms with Crippen molar-refractivity contribution in [2.75, 3.05) is 7.05 Å². The average molecular weight is 331 g/mol. The Morgan fingerprint density at radius 1 is 1.12 bits per heavy atom. The number of H-pyrrole nitrogens is 1. The molecule has 124 valence electrons. The number of carbonyl (C=O) groups excluding carboxylic acids is 1. The van der Waals surface area contributed by atoms with Gasteiger partial charge in [0, 0.05) is 13.2 Å².